The third-order valence-corrected chi connectivity index (χ3v) is 3.60. The zero-order valence-corrected chi connectivity index (χ0v) is 12.4. The van der Waals surface area contributed by atoms with E-state index >= 15 is 0 Å². The fourth-order valence-corrected chi connectivity index (χ4v) is 2.06. The van der Waals surface area contributed by atoms with Crippen LogP contribution in [0.1, 0.15) is 32.5 Å². The third kappa shape index (κ3) is 2.74. The molecule has 21 heavy (non-hydrogen) atoms. The highest BCUT2D eigenvalue weighted by atomic mass is 16.5. The second kappa shape index (κ2) is 5.19. The van der Waals surface area contributed by atoms with Crippen molar-refractivity contribution in [2.45, 2.75) is 32.4 Å². The van der Waals surface area contributed by atoms with Crippen molar-refractivity contribution in [3.05, 3.63) is 18.0 Å². The Kier molecular flexibility index (Phi) is 3.71. The summed E-state index contributed by atoms with van der Waals surface area (Å²) in [5.74, 6) is -0.768. The quantitative estimate of drug-likeness (QED) is 0.817. The number of hydrogen-bond acceptors (Lipinski definition) is 5. The van der Waals surface area contributed by atoms with Crippen LogP contribution in [-0.2, 0) is 9.59 Å². The SMILES string of the molecule is C[C@H](c1ccon1)N(C)C(=O)CN1C(=O)NC(C)(C)C1=O. The molecular formula is C13H18N4O4. The first kappa shape index (κ1) is 15.0. The van der Waals surface area contributed by atoms with Gasteiger partial charge in [-0.25, -0.2) is 4.79 Å². The summed E-state index contributed by atoms with van der Waals surface area (Å²) in [6.07, 6.45) is 1.42. The van der Waals surface area contributed by atoms with Crippen molar-refractivity contribution in [2.75, 3.05) is 13.6 Å². The Bertz CT molecular complexity index is 567. The molecule has 1 fully saturated rings. The van der Waals surface area contributed by atoms with Gasteiger partial charge in [-0.1, -0.05) is 5.16 Å². The fraction of sp³-hybridized carbons (Fsp3) is 0.538. The summed E-state index contributed by atoms with van der Waals surface area (Å²) in [5.41, 5.74) is -0.378. The predicted octanol–water partition coefficient (Wildman–Crippen LogP) is 0.524. The van der Waals surface area contributed by atoms with Crippen LogP contribution in [0.25, 0.3) is 0 Å². The van der Waals surface area contributed by atoms with E-state index in [4.69, 9.17) is 4.52 Å². The molecule has 0 spiro atoms. The summed E-state index contributed by atoms with van der Waals surface area (Å²) in [4.78, 5) is 38.4. The predicted molar refractivity (Wildman–Crippen MR) is 72.0 cm³/mol. The van der Waals surface area contributed by atoms with Crippen LogP contribution < -0.4 is 5.32 Å². The number of aromatic nitrogens is 1. The number of amides is 4. The van der Waals surface area contributed by atoms with Gasteiger partial charge < -0.3 is 14.7 Å². The van der Waals surface area contributed by atoms with Gasteiger partial charge in [0.1, 0.15) is 24.0 Å². The van der Waals surface area contributed by atoms with Crippen molar-refractivity contribution in [2.24, 2.45) is 0 Å². The van der Waals surface area contributed by atoms with Crippen molar-refractivity contribution >= 4 is 17.8 Å². The lowest BCUT2D eigenvalue weighted by Gasteiger charge is -2.25. The number of carbonyl (C=O) groups is 3. The van der Waals surface area contributed by atoms with Gasteiger partial charge in [0.15, 0.2) is 0 Å². The van der Waals surface area contributed by atoms with E-state index in [0.29, 0.717) is 5.69 Å². The minimum atomic E-state index is -0.979. The van der Waals surface area contributed by atoms with E-state index in [2.05, 4.69) is 10.5 Å². The number of hydrogen-bond donors (Lipinski definition) is 1. The van der Waals surface area contributed by atoms with Gasteiger partial charge in [-0.05, 0) is 20.8 Å². The molecule has 1 aliphatic heterocycles. The molecule has 0 radical (unpaired) electrons. The molecule has 1 atom stereocenters. The van der Waals surface area contributed by atoms with E-state index in [1.165, 1.54) is 11.2 Å². The van der Waals surface area contributed by atoms with E-state index in [-0.39, 0.29) is 18.5 Å². The molecule has 0 aliphatic carbocycles. The van der Waals surface area contributed by atoms with Gasteiger partial charge >= 0.3 is 6.03 Å². The van der Waals surface area contributed by atoms with Crippen LogP contribution in [0.3, 0.4) is 0 Å². The van der Waals surface area contributed by atoms with Crippen molar-refractivity contribution in [3.63, 3.8) is 0 Å². The Morgan fingerprint density at radius 3 is 2.67 bits per heavy atom. The Hall–Kier alpha value is -2.38. The van der Waals surface area contributed by atoms with Crippen molar-refractivity contribution in [1.82, 2.24) is 20.3 Å². The van der Waals surface area contributed by atoms with E-state index in [0.717, 1.165) is 4.90 Å². The Morgan fingerprint density at radius 1 is 1.52 bits per heavy atom. The minimum absolute atomic E-state index is 0.299. The lowest BCUT2D eigenvalue weighted by Crippen LogP contribution is -2.44. The number of carbonyl (C=O) groups excluding carboxylic acids is 3. The monoisotopic (exact) mass is 294 g/mol. The smallest absolute Gasteiger partial charge is 0.325 e. The maximum absolute atomic E-state index is 12.2. The van der Waals surface area contributed by atoms with Gasteiger partial charge in [-0.2, -0.15) is 0 Å². The molecule has 1 N–H and O–H groups in total. The number of urea groups is 1. The topological polar surface area (TPSA) is 95.8 Å². The minimum Gasteiger partial charge on any atom is -0.364 e. The van der Waals surface area contributed by atoms with Crippen molar-refractivity contribution in [1.29, 1.82) is 0 Å². The lowest BCUT2D eigenvalue weighted by molar-refractivity contribution is -0.138. The van der Waals surface area contributed by atoms with Crippen LogP contribution in [0.2, 0.25) is 0 Å². The van der Waals surface area contributed by atoms with Crippen LogP contribution in [0.4, 0.5) is 4.79 Å². The summed E-state index contributed by atoms with van der Waals surface area (Å²) < 4.78 is 4.74. The summed E-state index contributed by atoms with van der Waals surface area (Å²) in [6.45, 7) is 4.68. The molecule has 1 aromatic heterocycles. The molecule has 0 unspecified atom stereocenters. The molecule has 8 heteroatoms. The first-order chi connectivity index (χ1) is 9.74. The van der Waals surface area contributed by atoms with Crippen molar-refractivity contribution < 1.29 is 18.9 Å². The molecule has 4 amide bonds. The fourth-order valence-electron chi connectivity index (χ4n) is 2.06. The van der Waals surface area contributed by atoms with Crippen LogP contribution in [0.5, 0.6) is 0 Å². The second-order valence-electron chi connectivity index (χ2n) is 5.55. The summed E-state index contributed by atoms with van der Waals surface area (Å²) in [7, 11) is 1.59. The normalized spacial score (nSPS) is 18.6. The largest absolute Gasteiger partial charge is 0.364 e. The molecule has 1 saturated heterocycles. The highest BCUT2D eigenvalue weighted by Gasteiger charge is 2.45. The Labute approximate surface area is 122 Å². The maximum atomic E-state index is 12.2. The third-order valence-electron chi connectivity index (χ3n) is 3.60. The molecule has 8 nitrogen and oxygen atoms in total. The molecule has 0 aromatic carbocycles. The van der Waals surface area contributed by atoms with Gasteiger partial charge in [0.2, 0.25) is 5.91 Å². The summed E-state index contributed by atoms with van der Waals surface area (Å²) in [6, 6.07) is 0.788. The first-order valence-corrected chi connectivity index (χ1v) is 6.54. The summed E-state index contributed by atoms with van der Waals surface area (Å²) >= 11 is 0. The average molecular weight is 294 g/mol. The van der Waals surface area contributed by atoms with Crippen LogP contribution in [0.15, 0.2) is 16.9 Å². The van der Waals surface area contributed by atoms with Crippen molar-refractivity contribution in [3.8, 4) is 0 Å². The van der Waals surface area contributed by atoms with Gasteiger partial charge in [-0.3, -0.25) is 14.5 Å². The molecule has 1 aromatic rings. The van der Waals surface area contributed by atoms with Gasteiger partial charge in [0, 0.05) is 13.1 Å². The lowest BCUT2D eigenvalue weighted by atomic mass is 10.1. The molecule has 0 saturated carbocycles. The first-order valence-electron chi connectivity index (χ1n) is 6.54. The van der Waals surface area contributed by atoms with Crippen LogP contribution in [-0.4, -0.2) is 51.9 Å². The average Bonchev–Trinajstić information content (AvgIpc) is 3.00. The number of rotatable bonds is 4. The molecular weight excluding hydrogens is 276 g/mol. The van der Waals surface area contributed by atoms with Crippen LogP contribution in [0, 0.1) is 0 Å². The van der Waals surface area contributed by atoms with Gasteiger partial charge in [0.25, 0.3) is 5.91 Å². The Morgan fingerprint density at radius 2 is 2.19 bits per heavy atom. The molecule has 0 bridgehead atoms. The highest BCUT2D eigenvalue weighted by Crippen LogP contribution is 2.19. The highest BCUT2D eigenvalue weighted by molar-refractivity contribution is 6.08. The van der Waals surface area contributed by atoms with E-state index in [9.17, 15) is 14.4 Å². The second-order valence-corrected chi connectivity index (χ2v) is 5.55. The standard InChI is InChI=1S/C13H18N4O4/c1-8(9-5-6-21-15-9)16(4)10(18)7-17-11(19)13(2,3)14-12(17)20/h5-6,8H,7H2,1-4H3,(H,14,20)/t8-/m1/s1. The number of imide groups is 1. The van der Waals surface area contributed by atoms with E-state index < -0.39 is 17.5 Å². The maximum Gasteiger partial charge on any atom is 0.325 e. The molecule has 114 valence electrons. The van der Waals surface area contributed by atoms with E-state index in [1.54, 1.807) is 33.9 Å². The Balaban J connectivity index is 2.05. The number of nitrogens with one attached hydrogen (secondary N) is 1. The van der Waals surface area contributed by atoms with E-state index in [1.807, 2.05) is 0 Å². The van der Waals surface area contributed by atoms with Gasteiger partial charge in [0.05, 0.1) is 6.04 Å². The zero-order valence-electron chi connectivity index (χ0n) is 12.4. The van der Waals surface area contributed by atoms with Crippen LogP contribution >= 0.6 is 0 Å². The number of likely N-dealkylation sites (N-methyl/N-ethyl adjacent to an activating group) is 1. The van der Waals surface area contributed by atoms with Gasteiger partial charge in [-0.15, -0.1) is 0 Å². The summed E-state index contributed by atoms with van der Waals surface area (Å²) in [5, 5.41) is 6.31. The molecule has 2 heterocycles. The molecule has 1 aliphatic rings. The zero-order chi connectivity index (χ0) is 15.8. The number of nitrogens with zero attached hydrogens (tertiary/aromatic N) is 3. The molecule has 2 rings (SSSR count).